The molecule has 0 atom stereocenters. The second kappa shape index (κ2) is 33.3. The summed E-state index contributed by atoms with van der Waals surface area (Å²) in [6.45, 7) is 20.4. The quantitative estimate of drug-likeness (QED) is 0.0779. The van der Waals surface area contributed by atoms with E-state index in [1.807, 2.05) is 19.9 Å². The van der Waals surface area contributed by atoms with Crippen molar-refractivity contribution >= 4 is 0 Å². The minimum atomic E-state index is 0.955. The molecule has 1 N–H and O–H groups in total. The molecule has 222 valence electrons. The van der Waals surface area contributed by atoms with Crippen molar-refractivity contribution in [1.29, 1.82) is 0 Å². The largest absolute Gasteiger partial charge is 0.378 e. The summed E-state index contributed by atoms with van der Waals surface area (Å²) < 4.78 is 0. The molecular weight excluding hydrogens is 448 g/mol. The predicted octanol–water partition coefficient (Wildman–Crippen LogP) is 11.5. The molecule has 0 heterocycles. The zero-order valence-electron chi connectivity index (χ0n) is 26.7. The molecule has 0 amide bonds. The van der Waals surface area contributed by atoms with Crippen LogP contribution in [0.25, 0.3) is 0 Å². The van der Waals surface area contributed by atoms with Crippen molar-refractivity contribution in [2.45, 2.75) is 169 Å². The van der Waals surface area contributed by atoms with E-state index in [1.165, 1.54) is 167 Å². The maximum Gasteiger partial charge on any atom is 0.0171 e. The third-order valence-corrected chi connectivity index (χ3v) is 7.66. The van der Waals surface area contributed by atoms with Gasteiger partial charge in [-0.25, -0.2) is 0 Å². The first kappa shape index (κ1) is 38.4. The van der Waals surface area contributed by atoms with E-state index in [1.54, 1.807) is 0 Å². The van der Waals surface area contributed by atoms with E-state index in [9.17, 15) is 0 Å². The van der Waals surface area contributed by atoms with Gasteiger partial charge in [0.05, 0.1) is 0 Å². The van der Waals surface area contributed by atoms with Crippen molar-refractivity contribution in [2.75, 3.05) is 26.7 Å². The van der Waals surface area contributed by atoms with Crippen LogP contribution in [-0.4, -0.2) is 31.6 Å². The smallest absolute Gasteiger partial charge is 0.0171 e. The highest BCUT2D eigenvalue weighted by Gasteiger charge is 2.10. The molecule has 0 saturated heterocycles. The lowest BCUT2D eigenvalue weighted by atomic mass is 9.91. The normalized spacial score (nSPS) is 10.9. The van der Waals surface area contributed by atoms with Gasteiger partial charge in [-0.3, -0.25) is 0 Å². The molecule has 0 bridgehead atoms. The Morgan fingerprint density at radius 3 is 1.70 bits per heavy atom. The third kappa shape index (κ3) is 29.6. The molecular formula is C35H72N2. The summed E-state index contributed by atoms with van der Waals surface area (Å²) in [7, 11) is 2.26. The Morgan fingerprint density at radius 2 is 1.16 bits per heavy atom. The third-order valence-electron chi connectivity index (χ3n) is 7.66. The number of rotatable bonds is 29. The number of hydrogen-bond donors (Lipinski definition) is 1. The van der Waals surface area contributed by atoms with Crippen molar-refractivity contribution in [3.63, 3.8) is 0 Å². The highest BCUT2D eigenvalue weighted by molar-refractivity contribution is 4.92. The van der Waals surface area contributed by atoms with Gasteiger partial charge in [-0.2, -0.15) is 0 Å². The Morgan fingerprint density at radius 1 is 0.676 bits per heavy atom. The van der Waals surface area contributed by atoms with Crippen LogP contribution in [0.15, 0.2) is 24.9 Å². The highest BCUT2D eigenvalue weighted by Crippen LogP contribution is 2.23. The zero-order chi connectivity index (χ0) is 27.8. The maximum atomic E-state index is 4.39. The van der Waals surface area contributed by atoms with Crippen LogP contribution in [-0.2, 0) is 0 Å². The van der Waals surface area contributed by atoms with E-state index in [2.05, 4.69) is 44.3 Å². The van der Waals surface area contributed by atoms with E-state index in [4.69, 9.17) is 0 Å². The van der Waals surface area contributed by atoms with Crippen LogP contribution >= 0.6 is 0 Å². The predicted molar refractivity (Wildman–Crippen MR) is 173 cm³/mol. The Kier molecular flexibility index (Phi) is 34.5. The number of nitrogens with one attached hydrogen (secondary N) is 1. The maximum absolute atomic E-state index is 4.39. The van der Waals surface area contributed by atoms with Crippen molar-refractivity contribution in [3.8, 4) is 0 Å². The van der Waals surface area contributed by atoms with E-state index in [-0.39, 0.29) is 0 Å². The standard InChI is InChI=1S/C33H66N2.C2H6/c1-6-9-12-13-14-17-22-29-34-30-23-18-15-16-21-25-32(4)35(5)31-24-28-33(26-19-10-7-2)27-20-11-8-3;1-2/h6,33-34H,1,4,7-31H2,2-3,5H3;1-2H3. The number of hydrogen-bond acceptors (Lipinski definition) is 2. The van der Waals surface area contributed by atoms with Crippen molar-refractivity contribution < 1.29 is 0 Å². The fraction of sp³-hybridized carbons (Fsp3) is 0.886. The summed E-state index contributed by atoms with van der Waals surface area (Å²) >= 11 is 0. The summed E-state index contributed by atoms with van der Waals surface area (Å²) in [5.74, 6) is 0.955. The molecule has 2 heteroatoms. The number of nitrogens with zero attached hydrogens (tertiary/aromatic N) is 1. The summed E-state index contributed by atoms with van der Waals surface area (Å²) in [6, 6.07) is 0. The van der Waals surface area contributed by atoms with Gasteiger partial charge in [0.2, 0.25) is 0 Å². The summed E-state index contributed by atoms with van der Waals surface area (Å²) in [4.78, 5) is 2.44. The van der Waals surface area contributed by atoms with Crippen LogP contribution in [0.1, 0.15) is 169 Å². The van der Waals surface area contributed by atoms with Crippen LogP contribution in [0, 0.1) is 5.92 Å². The molecule has 0 fully saturated rings. The summed E-state index contributed by atoms with van der Waals surface area (Å²) in [5.41, 5.74) is 1.35. The molecule has 0 aliphatic carbocycles. The molecule has 0 saturated carbocycles. The molecule has 0 spiro atoms. The molecule has 0 rings (SSSR count). The monoisotopic (exact) mass is 521 g/mol. The van der Waals surface area contributed by atoms with Crippen LogP contribution in [0.2, 0.25) is 0 Å². The lowest BCUT2D eigenvalue weighted by molar-refractivity contribution is 0.332. The average Bonchev–Trinajstić information content (AvgIpc) is 2.91. The average molecular weight is 521 g/mol. The Labute approximate surface area is 236 Å². The first-order chi connectivity index (χ1) is 18.2. The zero-order valence-corrected chi connectivity index (χ0v) is 26.7. The second-order valence-electron chi connectivity index (χ2n) is 11.1. The SMILES string of the molecule is C=CCCCCCCCNCCCCCCCC(=C)N(C)CCCC(CCCCC)CCCCC.CC. The lowest BCUT2D eigenvalue weighted by Gasteiger charge is -2.23. The minimum absolute atomic E-state index is 0.955. The van der Waals surface area contributed by atoms with Gasteiger partial charge >= 0.3 is 0 Å². The molecule has 0 aromatic rings. The number of unbranched alkanes of at least 4 members (excludes halogenated alkanes) is 13. The first-order valence-electron chi connectivity index (χ1n) is 16.9. The van der Waals surface area contributed by atoms with Gasteiger partial charge in [0, 0.05) is 19.3 Å². The van der Waals surface area contributed by atoms with E-state index in [0.717, 1.165) is 5.92 Å². The van der Waals surface area contributed by atoms with Crippen LogP contribution in [0.4, 0.5) is 0 Å². The van der Waals surface area contributed by atoms with Gasteiger partial charge in [0.25, 0.3) is 0 Å². The van der Waals surface area contributed by atoms with E-state index < -0.39 is 0 Å². The second-order valence-corrected chi connectivity index (χ2v) is 11.1. The molecule has 2 nitrogen and oxygen atoms in total. The van der Waals surface area contributed by atoms with Gasteiger partial charge in [-0.1, -0.05) is 130 Å². The van der Waals surface area contributed by atoms with Crippen molar-refractivity contribution in [2.24, 2.45) is 5.92 Å². The van der Waals surface area contributed by atoms with E-state index >= 15 is 0 Å². The molecule has 0 radical (unpaired) electrons. The molecule has 0 unspecified atom stereocenters. The van der Waals surface area contributed by atoms with Gasteiger partial charge in [-0.05, 0) is 70.4 Å². The summed E-state index contributed by atoms with van der Waals surface area (Å²) in [6.07, 6.45) is 31.9. The molecule has 0 aromatic heterocycles. The van der Waals surface area contributed by atoms with Crippen LogP contribution in [0.5, 0.6) is 0 Å². The Bertz CT molecular complexity index is 435. The first-order valence-corrected chi connectivity index (χ1v) is 16.9. The fourth-order valence-electron chi connectivity index (χ4n) is 5.07. The molecule has 0 aromatic carbocycles. The van der Waals surface area contributed by atoms with Crippen LogP contribution in [0.3, 0.4) is 0 Å². The Balaban J connectivity index is 0. The summed E-state index contributed by atoms with van der Waals surface area (Å²) in [5, 5.41) is 3.63. The van der Waals surface area contributed by atoms with Crippen molar-refractivity contribution in [3.05, 3.63) is 24.9 Å². The van der Waals surface area contributed by atoms with Gasteiger partial charge in [-0.15, -0.1) is 6.58 Å². The van der Waals surface area contributed by atoms with Gasteiger partial charge in [0.15, 0.2) is 0 Å². The van der Waals surface area contributed by atoms with Gasteiger partial charge < -0.3 is 10.2 Å². The van der Waals surface area contributed by atoms with Crippen molar-refractivity contribution in [1.82, 2.24) is 10.2 Å². The lowest BCUT2D eigenvalue weighted by Crippen LogP contribution is -2.19. The Hall–Kier alpha value is -0.760. The minimum Gasteiger partial charge on any atom is -0.378 e. The van der Waals surface area contributed by atoms with Crippen LogP contribution < -0.4 is 5.32 Å². The van der Waals surface area contributed by atoms with Gasteiger partial charge in [0.1, 0.15) is 0 Å². The molecule has 37 heavy (non-hydrogen) atoms. The molecule has 0 aliphatic rings. The number of allylic oxidation sites excluding steroid dienone is 2. The molecule has 0 aliphatic heterocycles. The topological polar surface area (TPSA) is 15.3 Å². The highest BCUT2D eigenvalue weighted by atomic mass is 15.1. The fourth-order valence-corrected chi connectivity index (χ4v) is 5.07. The van der Waals surface area contributed by atoms with E-state index in [0.29, 0.717) is 0 Å².